The van der Waals surface area contributed by atoms with Crippen LogP contribution in [0, 0.1) is 5.92 Å². The molecule has 0 spiro atoms. The summed E-state index contributed by atoms with van der Waals surface area (Å²) in [6.45, 7) is 14.0. The van der Waals surface area contributed by atoms with Crippen molar-refractivity contribution in [3.05, 3.63) is 29.3 Å². The van der Waals surface area contributed by atoms with Crippen molar-refractivity contribution in [3.8, 4) is 5.75 Å². The summed E-state index contributed by atoms with van der Waals surface area (Å²) in [7, 11) is 1.76. The van der Waals surface area contributed by atoms with Gasteiger partial charge in [0, 0.05) is 18.7 Å². The first-order chi connectivity index (χ1) is 10.1. The monoisotopic (exact) mass is 292 g/mol. The molecule has 0 bridgehead atoms. The molecule has 3 nitrogen and oxygen atoms in total. The van der Waals surface area contributed by atoms with E-state index in [2.05, 4.69) is 56.1 Å². The highest BCUT2D eigenvalue weighted by Crippen LogP contribution is 2.21. The zero-order valence-electron chi connectivity index (χ0n) is 14.4. The van der Waals surface area contributed by atoms with Gasteiger partial charge >= 0.3 is 0 Å². The lowest BCUT2D eigenvalue weighted by Gasteiger charge is -2.19. The van der Waals surface area contributed by atoms with Gasteiger partial charge in [0.15, 0.2) is 0 Å². The van der Waals surface area contributed by atoms with E-state index in [1.165, 1.54) is 17.5 Å². The summed E-state index contributed by atoms with van der Waals surface area (Å²) in [5.74, 6) is 1.74. The van der Waals surface area contributed by atoms with Crippen LogP contribution >= 0.6 is 0 Å². The Hall–Kier alpha value is -1.06. The minimum Gasteiger partial charge on any atom is -0.496 e. The lowest BCUT2D eigenvalue weighted by molar-refractivity contribution is 0.295. The van der Waals surface area contributed by atoms with Gasteiger partial charge in [-0.15, -0.1) is 0 Å². The van der Waals surface area contributed by atoms with E-state index in [1.807, 2.05) is 0 Å². The predicted octanol–water partition coefficient (Wildman–Crippen LogP) is 3.67. The van der Waals surface area contributed by atoms with Crippen LogP contribution < -0.4 is 10.1 Å². The quantitative estimate of drug-likeness (QED) is 0.666. The van der Waals surface area contributed by atoms with Crippen LogP contribution in [0.15, 0.2) is 18.2 Å². The number of benzene rings is 1. The smallest absolute Gasteiger partial charge is 0.123 e. The summed E-state index contributed by atoms with van der Waals surface area (Å²) < 4.78 is 5.55. The van der Waals surface area contributed by atoms with Crippen molar-refractivity contribution in [2.24, 2.45) is 5.92 Å². The molecule has 0 saturated heterocycles. The van der Waals surface area contributed by atoms with Crippen LogP contribution in [0.1, 0.15) is 45.2 Å². The van der Waals surface area contributed by atoms with Crippen molar-refractivity contribution < 1.29 is 4.74 Å². The predicted molar refractivity (Wildman–Crippen MR) is 90.8 cm³/mol. The molecule has 0 aromatic heterocycles. The molecular formula is C18H32N2O. The van der Waals surface area contributed by atoms with Gasteiger partial charge < -0.3 is 10.1 Å². The maximum Gasteiger partial charge on any atom is 0.123 e. The Morgan fingerprint density at radius 2 is 1.90 bits per heavy atom. The molecule has 0 heterocycles. The minimum atomic E-state index is 0.746. The van der Waals surface area contributed by atoms with E-state index in [0.717, 1.165) is 44.4 Å². The first-order valence-electron chi connectivity index (χ1n) is 8.19. The summed E-state index contributed by atoms with van der Waals surface area (Å²) >= 11 is 0. The van der Waals surface area contributed by atoms with Crippen molar-refractivity contribution in [3.63, 3.8) is 0 Å². The number of hydrogen-bond acceptors (Lipinski definition) is 3. The van der Waals surface area contributed by atoms with Gasteiger partial charge in [-0.25, -0.2) is 0 Å². The number of ether oxygens (including phenoxy) is 1. The standard InChI is InChI=1S/C18H32N2O/c1-6-20(7-2)14-16-8-9-17(18(12-16)21-5)13-19-11-10-15(3)4/h8-9,12,15,19H,6-7,10-11,13-14H2,1-5H3. The van der Waals surface area contributed by atoms with Crippen molar-refractivity contribution in [2.45, 2.75) is 47.2 Å². The van der Waals surface area contributed by atoms with Crippen molar-refractivity contribution in [1.29, 1.82) is 0 Å². The second-order valence-corrected chi connectivity index (χ2v) is 5.97. The molecule has 1 aromatic rings. The third-order valence-corrected chi connectivity index (χ3v) is 3.87. The summed E-state index contributed by atoms with van der Waals surface area (Å²) in [6, 6.07) is 6.60. The average molecular weight is 292 g/mol. The van der Waals surface area contributed by atoms with Gasteiger partial charge in [0.25, 0.3) is 0 Å². The topological polar surface area (TPSA) is 24.5 Å². The molecule has 1 N–H and O–H groups in total. The molecule has 0 saturated carbocycles. The molecule has 0 radical (unpaired) electrons. The zero-order chi connectivity index (χ0) is 15.7. The summed E-state index contributed by atoms with van der Waals surface area (Å²) in [4.78, 5) is 2.41. The Morgan fingerprint density at radius 1 is 1.19 bits per heavy atom. The van der Waals surface area contributed by atoms with Crippen LogP contribution in [0.4, 0.5) is 0 Å². The first kappa shape index (κ1) is 18.0. The lowest BCUT2D eigenvalue weighted by atomic mass is 10.1. The van der Waals surface area contributed by atoms with E-state index in [4.69, 9.17) is 4.74 Å². The molecule has 0 aliphatic heterocycles. The average Bonchev–Trinajstić information content (AvgIpc) is 2.49. The SMILES string of the molecule is CCN(CC)Cc1ccc(CNCCC(C)C)c(OC)c1. The molecule has 0 unspecified atom stereocenters. The van der Waals surface area contributed by atoms with E-state index >= 15 is 0 Å². The number of nitrogens with one attached hydrogen (secondary N) is 1. The molecule has 0 aliphatic rings. The minimum absolute atomic E-state index is 0.746. The molecule has 0 atom stereocenters. The van der Waals surface area contributed by atoms with Crippen molar-refractivity contribution >= 4 is 0 Å². The molecule has 21 heavy (non-hydrogen) atoms. The molecule has 120 valence electrons. The van der Waals surface area contributed by atoms with Gasteiger partial charge in [-0.1, -0.05) is 39.8 Å². The third kappa shape index (κ3) is 6.49. The Labute approximate surface area is 130 Å². The molecule has 1 aromatic carbocycles. The van der Waals surface area contributed by atoms with Gasteiger partial charge in [0.05, 0.1) is 7.11 Å². The Kier molecular flexibility index (Phi) is 8.40. The van der Waals surface area contributed by atoms with Crippen LogP contribution in [-0.2, 0) is 13.1 Å². The fraction of sp³-hybridized carbons (Fsp3) is 0.667. The molecule has 1 rings (SSSR count). The lowest BCUT2D eigenvalue weighted by Crippen LogP contribution is -2.22. The van der Waals surface area contributed by atoms with Crippen molar-refractivity contribution in [1.82, 2.24) is 10.2 Å². The van der Waals surface area contributed by atoms with E-state index in [9.17, 15) is 0 Å². The normalized spacial score (nSPS) is 11.4. The van der Waals surface area contributed by atoms with Gasteiger partial charge in [-0.05, 0) is 43.6 Å². The van der Waals surface area contributed by atoms with Crippen LogP contribution in [0.2, 0.25) is 0 Å². The fourth-order valence-electron chi connectivity index (χ4n) is 2.35. The summed E-state index contributed by atoms with van der Waals surface area (Å²) in [6.07, 6.45) is 1.21. The fourth-order valence-corrected chi connectivity index (χ4v) is 2.35. The van der Waals surface area contributed by atoms with Gasteiger partial charge in [0.2, 0.25) is 0 Å². The third-order valence-electron chi connectivity index (χ3n) is 3.87. The molecule has 0 fully saturated rings. The Morgan fingerprint density at radius 3 is 2.48 bits per heavy atom. The number of methoxy groups -OCH3 is 1. The largest absolute Gasteiger partial charge is 0.496 e. The van der Waals surface area contributed by atoms with Crippen molar-refractivity contribution in [2.75, 3.05) is 26.7 Å². The molecule has 3 heteroatoms. The molecule has 0 amide bonds. The van der Waals surface area contributed by atoms with E-state index < -0.39 is 0 Å². The van der Waals surface area contributed by atoms with E-state index in [1.54, 1.807) is 7.11 Å². The van der Waals surface area contributed by atoms with E-state index in [0.29, 0.717) is 0 Å². The Bertz CT molecular complexity index is 400. The van der Waals surface area contributed by atoms with Gasteiger partial charge in [0.1, 0.15) is 5.75 Å². The summed E-state index contributed by atoms with van der Waals surface area (Å²) in [5.41, 5.74) is 2.56. The highest BCUT2D eigenvalue weighted by molar-refractivity contribution is 5.37. The first-order valence-corrected chi connectivity index (χ1v) is 8.19. The maximum absolute atomic E-state index is 5.55. The number of nitrogens with zero attached hydrogens (tertiary/aromatic N) is 1. The van der Waals surface area contributed by atoms with Gasteiger partial charge in [-0.3, -0.25) is 4.90 Å². The van der Waals surface area contributed by atoms with Crippen LogP contribution in [0.25, 0.3) is 0 Å². The Balaban J connectivity index is 2.61. The van der Waals surface area contributed by atoms with Crippen LogP contribution in [-0.4, -0.2) is 31.6 Å². The second-order valence-electron chi connectivity index (χ2n) is 5.97. The van der Waals surface area contributed by atoms with Crippen LogP contribution in [0.3, 0.4) is 0 Å². The van der Waals surface area contributed by atoms with Crippen LogP contribution in [0.5, 0.6) is 5.75 Å². The molecule has 0 aliphatic carbocycles. The second kappa shape index (κ2) is 9.80. The zero-order valence-corrected chi connectivity index (χ0v) is 14.4. The molecular weight excluding hydrogens is 260 g/mol. The highest BCUT2D eigenvalue weighted by Gasteiger charge is 2.07. The summed E-state index contributed by atoms with van der Waals surface area (Å²) in [5, 5.41) is 3.50. The van der Waals surface area contributed by atoms with Gasteiger partial charge in [-0.2, -0.15) is 0 Å². The number of rotatable bonds is 10. The number of hydrogen-bond donors (Lipinski definition) is 1. The highest BCUT2D eigenvalue weighted by atomic mass is 16.5. The maximum atomic E-state index is 5.55. The van der Waals surface area contributed by atoms with E-state index in [-0.39, 0.29) is 0 Å².